The Hall–Kier alpha value is -3.32. The van der Waals surface area contributed by atoms with Gasteiger partial charge in [0.2, 0.25) is 0 Å². The maximum absolute atomic E-state index is 12.1. The van der Waals surface area contributed by atoms with E-state index in [4.69, 9.17) is 4.74 Å². The van der Waals surface area contributed by atoms with Gasteiger partial charge in [-0.2, -0.15) is 0 Å². The molecule has 0 heterocycles. The first-order valence-corrected chi connectivity index (χ1v) is 8.93. The molecule has 0 atom stereocenters. The van der Waals surface area contributed by atoms with Gasteiger partial charge >= 0.3 is 11.8 Å². The lowest BCUT2D eigenvalue weighted by atomic mass is 10.2. The molecule has 3 aromatic rings. The molecule has 136 valence electrons. The van der Waals surface area contributed by atoms with Crippen molar-refractivity contribution in [1.82, 2.24) is 0 Å². The Morgan fingerprint density at radius 2 is 1.63 bits per heavy atom. The van der Waals surface area contributed by atoms with Crippen molar-refractivity contribution < 1.29 is 14.5 Å². The van der Waals surface area contributed by atoms with Crippen LogP contribution in [-0.4, -0.2) is 11.0 Å². The van der Waals surface area contributed by atoms with E-state index in [1.165, 1.54) is 17.8 Å². The van der Waals surface area contributed by atoms with Crippen molar-refractivity contribution in [3.63, 3.8) is 0 Å². The number of carbonyl (C=O) groups is 1. The van der Waals surface area contributed by atoms with E-state index in [-0.39, 0.29) is 18.0 Å². The van der Waals surface area contributed by atoms with Crippen LogP contribution in [0.3, 0.4) is 0 Å². The summed E-state index contributed by atoms with van der Waals surface area (Å²) in [5, 5.41) is 14.1. The van der Waals surface area contributed by atoms with Crippen molar-refractivity contribution >= 4 is 29.2 Å². The molecule has 0 aliphatic rings. The third-order valence-corrected chi connectivity index (χ3v) is 4.66. The topological polar surface area (TPSA) is 81.5 Å². The van der Waals surface area contributed by atoms with Crippen molar-refractivity contribution in [2.45, 2.75) is 16.4 Å². The van der Waals surface area contributed by atoms with Crippen molar-refractivity contribution in [2.75, 3.05) is 5.32 Å². The Morgan fingerprint density at radius 3 is 2.30 bits per heavy atom. The SMILES string of the molecule is O=C(Nc1cccc(Sc2ccccc2)c1[N+](=O)[O-])OCc1ccccc1. The molecule has 3 rings (SSSR count). The third-order valence-electron chi connectivity index (χ3n) is 3.60. The number of carbonyl (C=O) groups excluding carboxylic acids is 1. The molecule has 0 saturated carbocycles. The number of nitrogens with zero attached hydrogens (tertiary/aromatic N) is 1. The third kappa shape index (κ3) is 5.08. The highest BCUT2D eigenvalue weighted by atomic mass is 32.2. The summed E-state index contributed by atoms with van der Waals surface area (Å²) in [4.78, 5) is 24.5. The quantitative estimate of drug-likeness (QED) is 0.451. The normalized spacial score (nSPS) is 10.2. The van der Waals surface area contributed by atoms with Gasteiger partial charge in [-0.15, -0.1) is 0 Å². The van der Waals surface area contributed by atoms with Gasteiger partial charge in [-0.25, -0.2) is 4.79 Å². The number of anilines is 1. The summed E-state index contributed by atoms with van der Waals surface area (Å²) in [6.07, 6.45) is -0.746. The van der Waals surface area contributed by atoms with E-state index in [0.717, 1.165) is 10.5 Å². The van der Waals surface area contributed by atoms with E-state index in [2.05, 4.69) is 5.32 Å². The van der Waals surface area contributed by atoms with E-state index < -0.39 is 11.0 Å². The fourth-order valence-corrected chi connectivity index (χ4v) is 3.35. The zero-order valence-corrected chi connectivity index (χ0v) is 15.0. The molecule has 3 aromatic carbocycles. The van der Waals surface area contributed by atoms with Crippen LogP contribution in [0.5, 0.6) is 0 Å². The van der Waals surface area contributed by atoms with Crippen LogP contribution in [0.25, 0.3) is 0 Å². The van der Waals surface area contributed by atoms with Crippen LogP contribution in [0.2, 0.25) is 0 Å². The second kappa shape index (κ2) is 8.86. The number of para-hydroxylation sites is 1. The average Bonchev–Trinajstić information content (AvgIpc) is 2.68. The summed E-state index contributed by atoms with van der Waals surface area (Å²) >= 11 is 1.26. The first kappa shape index (κ1) is 18.5. The minimum Gasteiger partial charge on any atom is -0.444 e. The monoisotopic (exact) mass is 380 g/mol. The van der Waals surface area contributed by atoms with E-state index in [9.17, 15) is 14.9 Å². The maximum Gasteiger partial charge on any atom is 0.412 e. The first-order valence-electron chi connectivity index (χ1n) is 8.11. The summed E-state index contributed by atoms with van der Waals surface area (Å²) < 4.78 is 5.15. The largest absolute Gasteiger partial charge is 0.444 e. The van der Waals surface area contributed by atoms with Crippen LogP contribution in [-0.2, 0) is 11.3 Å². The molecular weight excluding hydrogens is 364 g/mol. The highest BCUT2D eigenvalue weighted by molar-refractivity contribution is 7.99. The predicted octanol–water partition coefficient (Wildman–Crippen LogP) is 5.49. The van der Waals surface area contributed by atoms with Crippen LogP contribution in [0.1, 0.15) is 5.56 Å². The molecule has 0 unspecified atom stereocenters. The molecule has 0 saturated heterocycles. The number of nitrogens with one attached hydrogen (secondary N) is 1. The number of hydrogen-bond donors (Lipinski definition) is 1. The number of rotatable bonds is 6. The lowest BCUT2D eigenvalue weighted by Crippen LogP contribution is -2.14. The van der Waals surface area contributed by atoms with Crippen LogP contribution in [0, 0.1) is 10.1 Å². The molecule has 7 heteroatoms. The van der Waals surface area contributed by atoms with E-state index >= 15 is 0 Å². The Balaban J connectivity index is 1.75. The molecular formula is C20H16N2O4S. The molecule has 0 fully saturated rings. The first-order chi connectivity index (χ1) is 13.1. The van der Waals surface area contributed by atoms with Gasteiger partial charge in [0, 0.05) is 4.90 Å². The Kier molecular flexibility index (Phi) is 6.06. The molecule has 1 amide bonds. The van der Waals surface area contributed by atoms with Gasteiger partial charge in [0.05, 0.1) is 9.82 Å². The second-order valence-corrected chi connectivity index (χ2v) is 6.63. The Bertz CT molecular complexity index is 933. The van der Waals surface area contributed by atoms with Crippen molar-refractivity contribution in [1.29, 1.82) is 0 Å². The summed E-state index contributed by atoms with van der Waals surface area (Å²) in [5.41, 5.74) is 0.762. The van der Waals surface area contributed by atoms with Crippen LogP contribution in [0.4, 0.5) is 16.2 Å². The van der Waals surface area contributed by atoms with Gasteiger partial charge in [-0.05, 0) is 29.8 Å². The molecule has 0 bridgehead atoms. The molecule has 1 N–H and O–H groups in total. The van der Waals surface area contributed by atoms with Gasteiger partial charge in [-0.3, -0.25) is 15.4 Å². The van der Waals surface area contributed by atoms with E-state index in [1.54, 1.807) is 12.1 Å². The maximum atomic E-state index is 12.1. The smallest absolute Gasteiger partial charge is 0.412 e. The van der Waals surface area contributed by atoms with Gasteiger partial charge in [-0.1, -0.05) is 66.4 Å². The molecule has 0 aliphatic heterocycles. The zero-order valence-electron chi connectivity index (χ0n) is 14.2. The van der Waals surface area contributed by atoms with Crippen molar-refractivity contribution in [3.8, 4) is 0 Å². The summed E-state index contributed by atoms with van der Waals surface area (Å²) in [5.74, 6) is 0. The summed E-state index contributed by atoms with van der Waals surface area (Å²) in [6, 6.07) is 23.3. The molecule has 0 aromatic heterocycles. The van der Waals surface area contributed by atoms with Crippen LogP contribution < -0.4 is 5.32 Å². The molecule has 27 heavy (non-hydrogen) atoms. The minimum atomic E-state index is -0.746. The Morgan fingerprint density at radius 1 is 0.963 bits per heavy atom. The molecule has 0 aliphatic carbocycles. The summed E-state index contributed by atoms with van der Waals surface area (Å²) in [6.45, 7) is 0.0823. The lowest BCUT2D eigenvalue weighted by Gasteiger charge is -2.10. The van der Waals surface area contributed by atoms with E-state index in [1.807, 2.05) is 60.7 Å². The number of nitro benzene ring substituents is 1. The van der Waals surface area contributed by atoms with Crippen LogP contribution in [0.15, 0.2) is 88.7 Å². The highest BCUT2D eigenvalue weighted by Gasteiger charge is 2.22. The summed E-state index contributed by atoms with van der Waals surface area (Å²) in [7, 11) is 0. The minimum absolute atomic E-state index is 0.0823. The number of ether oxygens (including phenoxy) is 1. The standard InChI is InChI=1S/C20H16N2O4S/c23-20(26-14-15-8-3-1-4-9-15)21-17-12-7-13-18(19(17)22(24)25)27-16-10-5-2-6-11-16/h1-13H,14H2,(H,21,23). The van der Waals surface area contributed by atoms with Crippen LogP contribution >= 0.6 is 11.8 Å². The number of benzene rings is 3. The van der Waals surface area contributed by atoms with Gasteiger partial charge in [0.25, 0.3) is 0 Å². The lowest BCUT2D eigenvalue weighted by molar-refractivity contribution is -0.386. The van der Waals surface area contributed by atoms with E-state index in [0.29, 0.717) is 4.90 Å². The Labute approximate surface area is 160 Å². The fraction of sp³-hybridized carbons (Fsp3) is 0.0500. The predicted molar refractivity (Wildman–Crippen MR) is 104 cm³/mol. The molecule has 0 radical (unpaired) electrons. The molecule has 6 nitrogen and oxygen atoms in total. The van der Waals surface area contributed by atoms with Crippen molar-refractivity contribution in [2.24, 2.45) is 0 Å². The van der Waals surface area contributed by atoms with Crippen molar-refractivity contribution in [3.05, 3.63) is 94.5 Å². The number of amides is 1. The number of hydrogen-bond acceptors (Lipinski definition) is 5. The average molecular weight is 380 g/mol. The zero-order chi connectivity index (χ0) is 19.1. The molecule has 0 spiro atoms. The van der Waals surface area contributed by atoms with Gasteiger partial charge in [0.1, 0.15) is 12.3 Å². The highest BCUT2D eigenvalue weighted by Crippen LogP contribution is 2.39. The van der Waals surface area contributed by atoms with Gasteiger partial charge in [0.15, 0.2) is 0 Å². The van der Waals surface area contributed by atoms with Gasteiger partial charge < -0.3 is 4.74 Å². The number of nitro groups is 1. The fourth-order valence-electron chi connectivity index (χ4n) is 2.38. The second-order valence-electron chi connectivity index (χ2n) is 5.51.